The number of carboxylic acid groups (broad SMARTS) is 2. The van der Waals surface area contributed by atoms with Gasteiger partial charge in [-0.3, -0.25) is 24.2 Å². The van der Waals surface area contributed by atoms with Crippen molar-refractivity contribution in [3.05, 3.63) is 29.8 Å². The van der Waals surface area contributed by atoms with Crippen molar-refractivity contribution in [3.8, 4) is 0 Å². The minimum Gasteiger partial charge on any atom is -0.481 e. The number of rotatable bonds is 10. The lowest BCUT2D eigenvalue weighted by Crippen LogP contribution is -2.41. The average molecular weight is 378 g/mol. The van der Waals surface area contributed by atoms with E-state index in [1.807, 2.05) is 0 Å². The van der Waals surface area contributed by atoms with Crippen molar-refractivity contribution in [1.82, 2.24) is 5.32 Å². The topological polar surface area (TPSA) is 159 Å². The zero-order chi connectivity index (χ0) is 20.4. The van der Waals surface area contributed by atoms with Gasteiger partial charge in [0.15, 0.2) is 6.61 Å². The Hall–Kier alpha value is -3.56. The van der Waals surface area contributed by atoms with Crippen LogP contribution in [0.1, 0.15) is 30.1 Å². The SMILES string of the molecule is CC(=O)OCC(=O)C=Nc1ccc(C(=O)N[C@@H](CCC(=O)O)C(=O)O)cc1. The van der Waals surface area contributed by atoms with E-state index in [0.717, 1.165) is 6.21 Å². The van der Waals surface area contributed by atoms with Crippen molar-refractivity contribution in [2.45, 2.75) is 25.8 Å². The zero-order valence-electron chi connectivity index (χ0n) is 14.4. The molecule has 0 aromatic heterocycles. The Morgan fingerprint density at radius 2 is 1.78 bits per heavy atom. The number of nitrogens with one attached hydrogen (secondary N) is 1. The van der Waals surface area contributed by atoms with Crippen LogP contribution in [0.15, 0.2) is 29.3 Å². The second-order valence-electron chi connectivity index (χ2n) is 5.35. The second kappa shape index (κ2) is 10.4. The molecule has 1 aromatic rings. The van der Waals surface area contributed by atoms with Crippen LogP contribution in [0.5, 0.6) is 0 Å². The first-order chi connectivity index (χ1) is 12.7. The summed E-state index contributed by atoms with van der Waals surface area (Å²) in [6.07, 6.45) is 0.333. The van der Waals surface area contributed by atoms with Gasteiger partial charge in [-0.25, -0.2) is 4.79 Å². The Kier molecular flexibility index (Phi) is 8.30. The predicted octanol–water partition coefficient (Wildman–Crippen LogP) is 0.569. The minimum atomic E-state index is -1.34. The molecule has 0 bridgehead atoms. The third-order valence-electron chi connectivity index (χ3n) is 3.16. The van der Waals surface area contributed by atoms with E-state index >= 15 is 0 Å². The molecule has 1 rings (SSSR count). The molecular weight excluding hydrogens is 360 g/mol. The Morgan fingerprint density at radius 3 is 2.30 bits per heavy atom. The molecule has 10 heteroatoms. The van der Waals surface area contributed by atoms with Gasteiger partial charge in [-0.05, 0) is 30.7 Å². The first kappa shape index (κ1) is 21.5. The zero-order valence-corrected chi connectivity index (χ0v) is 14.4. The van der Waals surface area contributed by atoms with Gasteiger partial charge < -0.3 is 20.3 Å². The maximum atomic E-state index is 12.1. The van der Waals surface area contributed by atoms with Crippen LogP contribution in [0.2, 0.25) is 0 Å². The van der Waals surface area contributed by atoms with Gasteiger partial charge in [0.25, 0.3) is 5.91 Å². The number of aliphatic carboxylic acids is 2. The number of carbonyl (C=O) groups is 5. The molecule has 0 saturated carbocycles. The molecule has 1 aromatic carbocycles. The Morgan fingerprint density at radius 1 is 1.15 bits per heavy atom. The number of nitrogens with zero attached hydrogens (tertiary/aromatic N) is 1. The second-order valence-corrected chi connectivity index (χ2v) is 5.35. The summed E-state index contributed by atoms with van der Waals surface area (Å²) in [5.74, 6) is -4.29. The first-order valence-corrected chi connectivity index (χ1v) is 7.75. The van der Waals surface area contributed by atoms with Crippen molar-refractivity contribution < 1.29 is 38.9 Å². The van der Waals surface area contributed by atoms with Crippen LogP contribution in [0.4, 0.5) is 5.69 Å². The highest BCUT2D eigenvalue weighted by Crippen LogP contribution is 2.13. The molecule has 3 N–H and O–H groups in total. The average Bonchev–Trinajstić information content (AvgIpc) is 2.61. The van der Waals surface area contributed by atoms with E-state index in [4.69, 9.17) is 10.2 Å². The van der Waals surface area contributed by atoms with Gasteiger partial charge in [-0.1, -0.05) is 0 Å². The standard InChI is InChI=1S/C17H18N2O8/c1-10(20)27-9-13(21)8-18-12-4-2-11(3-5-12)16(24)19-14(17(25)26)6-7-15(22)23/h2-5,8,14H,6-7,9H2,1H3,(H,19,24)(H,22,23)(H,25,26)/t14-/m0/s1. The van der Waals surface area contributed by atoms with E-state index in [1.54, 1.807) is 0 Å². The van der Waals surface area contributed by atoms with Gasteiger partial charge in [0.1, 0.15) is 6.04 Å². The van der Waals surface area contributed by atoms with Crippen LogP contribution >= 0.6 is 0 Å². The van der Waals surface area contributed by atoms with E-state index < -0.39 is 48.7 Å². The molecule has 10 nitrogen and oxygen atoms in total. The third kappa shape index (κ3) is 8.38. The summed E-state index contributed by atoms with van der Waals surface area (Å²) < 4.78 is 4.52. The fourth-order valence-electron chi connectivity index (χ4n) is 1.82. The summed E-state index contributed by atoms with van der Waals surface area (Å²) in [5.41, 5.74) is 0.491. The lowest BCUT2D eigenvalue weighted by Gasteiger charge is -2.13. The highest BCUT2D eigenvalue weighted by molar-refractivity contribution is 6.28. The molecule has 0 aliphatic heterocycles. The summed E-state index contributed by atoms with van der Waals surface area (Å²) >= 11 is 0. The maximum absolute atomic E-state index is 12.1. The molecule has 0 aliphatic rings. The first-order valence-electron chi connectivity index (χ1n) is 7.75. The number of aliphatic imine (C=N–C) groups is 1. The number of amides is 1. The Balaban J connectivity index is 2.67. The number of Topliss-reactive ketones (excluding diaryl/α,β-unsaturated/α-hetero) is 1. The number of ketones is 1. The number of carbonyl (C=O) groups excluding carboxylic acids is 3. The van der Waals surface area contributed by atoms with Crippen molar-refractivity contribution in [3.63, 3.8) is 0 Å². The van der Waals surface area contributed by atoms with Gasteiger partial charge in [0, 0.05) is 18.9 Å². The Bertz CT molecular complexity index is 755. The van der Waals surface area contributed by atoms with Crippen molar-refractivity contribution in [2.24, 2.45) is 4.99 Å². The van der Waals surface area contributed by atoms with E-state index in [1.165, 1.54) is 31.2 Å². The molecule has 0 saturated heterocycles. The quantitative estimate of drug-likeness (QED) is 0.393. The van der Waals surface area contributed by atoms with Crippen LogP contribution in [-0.2, 0) is 23.9 Å². The van der Waals surface area contributed by atoms with E-state index in [2.05, 4.69) is 15.0 Å². The van der Waals surface area contributed by atoms with E-state index in [0.29, 0.717) is 5.69 Å². The number of benzene rings is 1. The molecular formula is C17H18N2O8. The molecule has 1 atom stereocenters. The lowest BCUT2D eigenvalue weighted by atomic mass is 10.1. The summed E-state index contributed by atoms with van der Waals surface area (Å²) in [4.78, 5) is 59.6. The van der Waals surface area contributed by atoms with Gasteiger partial charge in [0.05, 0.1) is 11.9 Å². The number of carboxylic acids is 2. The van der Waals surface area contributed by atoms with Gasteiger partial charge in [-0.15, -0.1) is 0 Å². The number of hydrogen-bond acceptors (Lipinski definition) is 7. The predicted molar refractivity (Wildman–Crippen MR) is 92.0 cm³/mol. The van der Waals surface area contributed by atoms with Crippen molar-refractivity contribution >= 4 is 41.5 Å². The van der Waals surface area contributed by atoms with Crippen LogP contribution in [-0.4, -0.2) is 58.7 Å². The lowest BCUT2D eigenvalue weighted by molar-refractivity contribution is -0.144. The fourth-order valence-corrected chi connectivity index (χ4v) is 1.82. The molecule has 1 amide bonds. The summed E-state index contributed by atoms with van der Waals surface area (Å²) in [7, 11) is 0. The molecule has 0 fully saturated rings. The highest BCUT2D eigenvalue weighted by atomic mass is 16.5. The summed E-state index contributed by atoms with van der Waals surface area (Å²) in [5, 5.41) is 19.9. The van der Waals surface area contributed by atoms with Crippen LogP contribution in [0, 0.1) is 0 Å². The smallest absolute Gasteiger partial charge is 0.326 e. The normalized spacial score (nSPS) is 11.6. The third-order valence-corrected chi connectivity index (χ3v) is 3.16. The number of ether oxygens (including phenoxy) is 1. The number of hydrogen-bond donors (Lipinski definition) is 3. The molecule has 27 heavy (non-hydrogen) atoms. The largest absolute Gasteiger partial charge is 0.481 e. The highest BCUT2D eigenvalue weighted by Gasteiger charge is 2.21. The molecule has 144 valence electrons. The summed E-state index contributed by atoms with van der Waals surface area (Å²) in [6.45, 7) is 0.747. The molecule has 0 spiro atoms. The van der Waals surface area contributed by atoms with Gasteiger partial charge in [-0.2, -0.15) is 0 Å². The molecule has 0 radical (unpaired) electrons. The maximum Gasteiger partial charge on any atom is 0.326 e. The van der Waals surface area contributed by atoms with E-state index in [-0.39, 0.29) is 12.0 Å². The van der Waals surface area contributed by atoms with Crippen molar-refractivity contribution in [2.75, 3.05) is 6.61 Å². The monoisotopic (exact) mass is 378 g/mol. The molecule has 0 aliphatic carbocycles. The Labute approximate surface area is 153 Å². The van der Waals surface area contributed by atoms with Crippen molar-refractivity contribution in [1.29, 1.82) is 0 Å². The molecule has 0 unspecified atom stereocenters. The fraction of sp³-hybridized carbons (Fsp3) is 0.294. The summed E-state index contributed by atoms with van der Waals surface area (Å²) in [6, 6.07) is 4.27. The van der Waals surface area contributed by atoms with Crippen LogP contribution in [0.25, 0.3) is 0 Å². The van der Waals surface area contributed by atoms with Crippen LogP contribution in [0.3, 0.4) is 0 Å². The minimum absolute atomic E-state index is 0.141. The number of esters is 1. The van der Waals surface area contributed by atoms with Gasteiger partial charge in [0.2, 0.25) is 5.78 Å². The molecule has 0 heterocycles. The van der Waals surface area contributed by atoms with Crippen LogP contribution < -0.4 is 5.32 Å². The van der Waals surface area contributed by atoms with E-state index in [9.17, 15) is 24.0 Å². The van der Waals surface area contributed by atoms with Gasteiger partial charge >= 0.3 is 17.9 Å².